The fraction of sp³-hybridized carbons (Fsp3) is 0.500. The summed E-state index contributed by atoms with van der Waals surface area (Å²) in [7, 11) is -5.95. The molecule has 27 heavy (non-hydrogen) atoms. The van der Waals surface area contributed by atoms with Crippen LogP contribution in [0.5, 0.6) is 0 Å². The normalized spacial score (nSPS) is 15.1. The number of hydrogen-bond acceptors (Lipinski definition) is 3. The Morgan fingerprint density at radius 1 is 0.704 bits per heavy atom. The second-order valence-corrected chi connectivity index (χ2v) is 6.63. The van der Waals surface area contributed by atoms with Crippen molar-refractivity contribution < 1.29 is 60.9 Å². The summed E-state index contributed by atoms with van der Waals surface area (Å²) >= 11 is 0. The van der Waals surface area contributed by atoms with Gasteiger partial charge in [-0.15, -0.1) is 0 Å². The van der Waals surface area contributed by atoms with Crippen LogP contribution >= 0.6 is 0 Å². The van der Waals surface area contributed by atoms with Gasteiger partial charge in [-0.3, -0.25) is 0 Å². The van der Waals surface area contributed by atoms with E-state index in [1.54, 1.807) is 0 Å². The molecule has 0 saturated carbocycles. The maximum absolute atomic E-state index is 13.3. The van der Waals surface area contributed by atoms with E-state index in [-0.39, 0.29) is 0 Å². The monoisotopic (exact) mass is 440 g/mol. The van der Waals surface area contributed by atoms with E-state index >= 15 is 0 Å². The Labute approximate surface area is 143 Å². The number of halogens is 11. The van der Waals surface area contributed by atoms with Crippen molar-refractivity contribution in [3.8, 4) is 0 Å². The summed E-state index contributed by atoms with van der Waals surface area (Å²) in [5, 5.41) is 0. The van der Waals surface area contributed by atoms with Crippen LogP contribution in [0.4, 0.5) is 48.3 Å². The summed E-state index contributed by atoms with van der Waals surface area (Å²) < 4.78 is 166. The van der Waals surface area contributed by atoms with Crippen molar-refractivity contribution >= 4 is 10.1 Å². The molecule has 15 heteroatoms. The van der Waals surface area contributed by atoms with Crippen molar-refractivity contribution in [2.24, 2.45) is 0 Å². The molecule has 1 aromatic carbocycles. The highest BCUT2D eigenvalue weighted by molar-refractivity contribution is 7.86. The first kappa shape index (κ1) is 23.4. The van der Waals surface area contributed by atoms with Gasteiger partial charge in [-0.05, 0) is 19.1 Å². The van der Waals surface area contributed by atoms with Gasteiger partial charge in [0.05, 0.1) is 4.90 Å². The van der Waals surface area contributed by atoms with Crippen molar-refractivity contribution in [3.05, 3.63) is 29.8 Å². The van der Waals surface area contributed by atoms with Gasteiger partial charge in [-0.2, -0.15) is 60.9 Å². The minimum absolute atomic E-state index is 0.336. The third-order valence-electron chi connectivity index (χ3n) is 3.03. The van der Waals surface area contributed by atoms with Gasteiger partial charge in [0.1, 0.15) is 0 Å². The molecule has 0 aromatic heterocycles. The van der Waals surface area contributed by atoms with Crippen molar-refractivity contribution in [1.82, 2.24) is 0 Å². The van der Waals surface area contributed by atoms with E-state index in [0.29, 0.717) is 17.7 Å². The maximum Gasteiger partial charge on any atom is 0.460 e. The standard InChI is InChI=1S/C12H7F11O3S/c1-6-2-4-7(5-3-6)27(24,25)26-12(22,23)10(17,18)8(13,14)9(15,16)11(19,20)21/h2-5H,1H3. The van der Waals surface area contributed by atoms with Crippen molar-refractivity contribution in [2.45, 2.75) is 41.9 Å². The number of benzene rings is 1. The van der Waals surface area contributed by atoms with Crippen LogP contribution in [-0.4, -0.2) is 38.5 Å². The molecular weight excluding hydrogens is 433 g/mol. The highest BCUT2D eigenvalue weighted by atomic mass is 32.2. The van der Waals surface area contributed by atoms with Crippen LogP contribution in [0, 0.1) is 6.92 Å². The Bertz CT molecular complexity index is 782. The first-order valence-corrected chi connectivity index (χ1v) is 7.72. The number of alkyl halides is 11. The zero-order valence-corrected chi connectivity index (χ0v) is 13.4. The summed E-state index contributed by atoms with van der Waals surface area (Å²) in [4.78, 5) is -1.27. The molecule has 0 atom stereocenters. The van der Waals surface area contributed by atoms with E-state index in [2.05, 4.69) is 4.18 Å². The van der Waals surface area contributed by atoms with Crippen LogP contribution in [0.15, 0.2) is 29.2 Å². The average molecular weight is 440 g/mol. The Balaban J connectivity index is 3.37. The fourth-order valence-electron chi connectivity index (χ4n) is 1.50. The Kier molecular flexibility index (Phi) is 5.60. The molecule has 0 saturated heterocycles. The summed E-state index contributed by atoms with van der Waals surface area (Å²) in [6.07, 6.45) is -14.3. The minimum atomic E-state index is -7.76. The maximum atomic E-state index is 13.3. The van der Waals surface area contributed by atoms with Crippen LogP contribution in [-0.2, 0) is 14.3 Å². The summed E-state index contributed by atoms with van der Waals surface area (Å²) in [5.74, 6) is -23.0. The zero-order chi connectivity index (χ0) is 21.7. The van der Waals surface area contributed by atoms with E-state index in [4.69, 9.17) is 0 Å². The van der Waals surface area contributed by atoms with Crippen LogP contribution in [0.2, 0.25) is 0 Å². The van der Waals surface area contributed by atoms with Crippen LogP contribution in [0.25, 0.3) is 0 Å². The smallest absolute Gasteiger partial charge is 0.194 e. The highest BCUT2D eigenvalue weighted by Crippen LogP contribution is 2.57. The number of aryl methyl sites for hydroxylation is 1. The molecule has 0 bridgehead atoms. The molecule has 0 aliphatic heterocycles. The molecule has 1 rings (SSSR count). The Morgan fingerprint density at radius 2 is 1.11 bits per heavy atom. The van der Waals surface area contributed by atoms with E-state index in [1.165, 1.54) is 6.92 Å². The summed E-state index contributed by atoms with van der Waals surface area (Å²) in [6.45, 7) is 1.37. The molecule has 3 nitrogen and oxygen atoms in total. The van der Waals surface area contributed by atoms with Crippen LogP contribution in [0.1, 0.15) is 5.56 Å². The molecule has 156 valence electrons. The van der Waals surface area contributed by atoms with E-state index in [9.17, 15) is 56.7 Å². The molecule has 0 amide bonds. The average Bonchev–Trinajstić information content (AvgIpc) is 2.44. The van der Waals surface area contributed by atoms with Gasteiger partial charge >= 0.3 is 40.2 Å². The predicted molar refractivity (Wildman–Crippen MR) is 65.3 cm³/mol. The lowest BCUT2D eigenvalue weighted by Crippen LogP contribution is -2.67. The molecule has 0 heterocycles. The highest BCUT2D eigenvalue weighted by Gasteiger charge is 2.88. The third kappa shape index (κ3) is 3.83. The quantitative estimate of drug-likeness (QED) is 0.473. The van der Waals surface area contributed by atoms with Crippen molar-refractivity contribution in [1.29, 1.82) is 0 Å². The minimum Gasteiger partial charge on any atom is -0.194 e. The van der Waals surface area contributed by atoms with Gasteiger partial charge in [0.25, 0.3) is 0 Å². The van der Waals surface area contributed by atoms with E-state index in [0.717, 1.165) is 12.1 Å². The van der Waals surface area contributed by atoms with Crippen LogP contribution < -0.4 is 0 Å². The topological polar surface area (TPSA) is 43.4 Å². The number of hydrogen-bond donors (Lipinski definition) is 0. The molecular formula is C12H7F11O3S. The lowest BCUT2D eigenvalue weighted by atomic mass is 10.0. The second-order valence-electron chi connectivity index (χ2n) is 5.09. The van der Waals surface area contributed by atoms with Gasteiger partial charge in [0.2, 0.25) is 0 Å². The fourth-order valence-corrected chi connectivity index (χ4v) is 2.45. The van der Waals surface area contributed by atoms with Crippen LogP contribution in [0.3, 0.4) is 0 Å². The predicted octanol–water partition coefficient (Wildman–Crippen LogP) is 4.76. The lowest BCUT2D eigenvalue weighted by molar-refractivity contribution is -0.444. The molecule has 0 unspecified atom stereocenters. The molecule has 0 radical (unpaired) electrons. The lowest BCUT2D eigenvalue weighted by Gasteiger charge is -2.36. The largest absolute Gasteiger partial charge is 0.460 e. The third-order valence-corrected chi connectivity index (χ3v) is 4.31. The molecule has 0 spiro atoms. The van der Waals surface area contributed by atoms with Gasteiger partial charge in [0.15, 0.2) is 0 Å². The van der Waals surface area contributed by atoms with Gasteiger partial charge in [-0.1, -0.05) is 17.7 Å². The molecule has 0 aliphatic carbocycles. The van der Waals surface area contributed by atoms with Gasteiger partial charge < -0.3 is 0 Å². The molecule has 0 N–H and O–H groups in total. The van der Waals surface area contributed by atoms with Gasteiger partial charge in [0, 0.05) is 0 Å². The molecule has 0 fully saturated rings. The Hall–Kier alpha value is -1.64. The van der Waals surface area contributed by atoms with Gasteiger partial charge in [-0.25, -0.2) is 0 Å². The Morgan fingerprint density at radius 3 is 1.48 bits per heavy atom. The van der Waals surface area contributed by atoms with E-state index in [1.807, 2.05) is 0 Å². The zero-order valence-electron chi connectivity index (χ0n) is 12.6. The SMILES string of the molecule is Cc1ccc(S(=O)(=O)OC(F)(F)C(F)(F)C(F)(F)C(F)(F)C(F)(F)F)cc1. The second kappa shape index (κ2) is 6.46. The first-order valence-electron chi connectivity index (χ1n) is 6.31. The van der Waals surface area contributed by atoms with Crippen molar-refractivity contribution in [3.63, 3.8) is 0 Å². The molecule has 0 aliphatic rings. The van der Waals surface area contributed by atoms with Crippen molar-refractivity contribution in [2.75, 3.05) is 0 Å². The number of rotatable bonds is 6. The molecule has 1 aromatic rings. The van der Waals surface area contributed by atoms with E-state index < -0.39 is 45.1 Å². The summed E-state index contributed by atoms with van der Waals surface area (Å²) in [6, 6.07) is 2.92. The summed E-state index contributed by atoms with van der Waals surface area (Å²) in [5.41, 5.74) is 0.336. The first-order chi connectivity index (χ1) is 11.7.